The first kappa shape index (κ1) is 17.6. The molecule has 6 nitrogen and oxygen atoms in total. The number of hydrogen-bond acceptors (Lipinski definition) is 5. The zero-order valence-corrected chi connectivity index (χ0v) is 15.1. The Morgan fingerprint density at radius 3 is 2.50 bits per heavy atom. The Kier molecular flexibility index (Phi) is 5.36. The fraction of sp³-hybridized carbons (Fsp3) is 0.562. The molecule has 2 aliphatic rings. The van der Waals surface area contributed by atoms with Crippen LogP contribution >= 0.6 is 11.8 Å². The summed E-state index contributed by atoms with van der Waals surface area (Å²) in [6, 6.07) is 5.10. The van der Waals surface area contributed by atoms with E-state index in [0.717, 1.165) is 36.3 Å². The van der Waals surface area contributed by atoms with Gasteiger partial charge in [0.25, 0.3) is 0 Å². The maximum absolute atomic E-state index is 12.9. The predicted molar refractivity (Wildman–Crippen MR) is 94.2 cm³/mol. The van der Waals surface area contributed by atoms with E-state index < -0.39 is 16.0 Å². The molecule has 0 aliphatic carbocycles. The number of nitrogens with zero attached hydrogens (tertiary/aromatic N) is 2. The molecule has 132 valence electrons. The highest BCUT2D eigenvalue weighted by Gasteiger charge is 2.28. The number of carboxylic acids is 1. The van der Waals surface area contributed by atoms with Crippen LogP contribution in [0.2, 0.25) is 0 Å². The predicted octanol–water partition coefficient (Wildman–Crippen LogP) is 2.25. The summed E-state index contributed by atoms with van der Waals surface area (Å²) in [4.78, 5) is 14.0. The first-order valence-electron chi connectivity index (χ1n) is 8.22. The van der Waals surface area contributed by atoms with Crippen LogP contribution in [-0.2, 0) is 14.8 Å². The highest BCUT2D eigenvalue weighted by Crippen LogP contribution is 2.37. The van der Waals surface area contributed by atoms with Gasteiger partial charge in [-0.15, -0.1) is 11.8 Å². The van der Waals surface area contributed by atoms with Gasteiger partial charge in [0.1, 0.15) is 6.54 Å². The first-order chi connectivity index (χ1) is 11.5. The number of hydrogen-bond donors (Lipinski definition) is 1. The molecule has 0 atom stereocenters. The topological polar surface area (TPSA) is 77.9 Å². The molecule has 2 heterocycles. The fourth-order valence-electron chi connectivity index (χ4n) is 3.17. The molecular weight excluding hydrogens is 348 g/mol. The molecule has 0 amide bonds. The van der Waals surface area contributed by atoms with Crippen LogP contribution in [0.3, 0.4) is 0 Å². The number of rotatable bonds is 4. The van der Waals surface area contributed by atoms with Crippen molar-refractivity contribution in [2.24, 2.45) is 0 Å². The van der Waals surface area contributed by atoms with Crippen molar-refractivity contribution in [1.29, 1.82) is 0 Å². The van der Waals surface area contributed by atoms with Crippen LogP contribution in [0.1, 0.15) is 25.7 Å². The summed E-state index contributed by atoms with van der Waals surface area (Å²) in [5.74, 6) is -0.105. The lowest BCUT2D eigenvalue weighted by molar-refractivity contribution is -0.135. The summed E-state index contributed by atoms with van der Waals surface area (Å²) in [7, 11) is -3.52. The molecule has 0 bridgehead atoms. The van der Waals surface area contributed by atoms with E-state index in [4.69, 9.17) is 5.11 Å². The second kappa shape index (κ2) is 7.33. The SMILES string of the molecule is O=C(O)CN1CCSc2ccc(S(=O)(=O)N3CCCCCC3)cc21. The van der Waals surface area contributed by atoms with E-state index in [1.807, 2.05) is 0 Å². The standard InChI is InChI=1S/C16H22N2O4S2/c19-16(20)12-17-9-10-23-15-6-5-13(11-14(15)17)24(21,22)18-7-3-1-2-4-8-18/h5-6,11H,1-4,7-10,12H2,(H,19,20). The molecule has 0 spiro atoms. The summed E-state index contributed by atoms with van der Waals surface area (Å²) in [6.45, 7) is 1.62. The van der Waals surface area contributed by atoms with Gasteiger partial charge in [-0.05, 0) is 31.0 Å². The van der Waals surface area contributed by atoms with Gasteiger partial charge in [-0.3, -0.25) is 4.79 Å². The zero-order chi connectivity index (χ0) is 17.2. The highest BCUT2D eigenvalue weighted by molar-refractivity contribution is 7.99. The van der Waals surface area contributed by atoms with E-state index in [2.05, 4.69) is 0 Å². The summed E-state index contributed by atoms with van der Waals surface area (Å²) in [6.07, 6.45) is 3.93. The van der Waals surface area contributed by atoms with Gasteiger partial charge in [-0.25, -0.2) is 8.42 Å². The third-order valence-electron chi connectivity index (χ3n) is 4.42. The molecular formula is C16H22N2O4S2. The smallest absolute Gasteiger partial charge is 0.323 e. The number of aliphatic carboxylic acids is 1. The van der Waals surface area contributed by atoms with Crippen LogP contribution in [0.4, 0.5) is 5.69 Å². The minimum absolute atomic E-state index is 0.110. The number of anilines is 1. The lowest BCUT2D eigenvalue weighted by atomic mass is 10.2. The van der Waals surface area contributed by atoms with Crippen LogP contribution in [0.15, 0.2) is 28.0 Å². The number of benzene rings is 1. The molecule has 0 unspecified atom stereocenters. The highest BCUT2D eigenvalue weighted by atomic mass is 32.2. The Morgan fingerprint density at radius 2 is 1.83 bits per heavy atom. The van der Waals surface area contributed by atoms with Gasteiger partial charge in [0.05, 0.1) is 10.6 Å². The Balaban J connectivity index is 1.92. The third kappa shape index (κ3) is 3.70. The van der Waals surface area contributed by atoms with Gasteiger partial charge < -0.3 is 10.0 Å². The number of fused-ring (bicyclic) bond motifs is 1. The summed E-state index contributed by atoms with van der Waals surface area (Å²) in [5.41, 5.74) is 0.713. The van der Waals surface area contributed by atoms with Crippen molar-refractivity contribution in [2.45, 2.75) is 35.5 Å². The summed E-state index contributed by atoms with van der Waals surface area (Å²) >= 11 is 1.63. The fourth-order valence-corrected chi connectivity index (χ4v) is 5.74. The summed E-state index contributed by atoms with van der Waals surface area (Å²) < 4.78 is 27.4. The second-order valence-electron chi connectivity index (χ2n) is 6.11. The summed E-state index contributed by atoms with van der Waals surface area (Å²) in [5, 5.41) is 9.08. The van der Waals surface area contributed by atoms with E-state index in [0.29, 0.717) is 25.3 Å². The number of carbonyl (C=O) groups is 1. The second-order valence-corrected chi connectivity index (χ2v) is 9.19. The lowest BCUT2D eigenvalue weighted by Crippen LogP contribution is -2.35. The monoisotopic (exact) mass is 370 g/mol. The van der Waals surface area contributed by atoms with Crippen LogP contribution in [0.5, 0.6) is 0 Å². The van der Waals surface area contributed by atoms with Crippen LogP contribution < -0.4 is 4.90 Å². The van der Waals surface area contributed by atoms with Crippen LogP contribution in [0.25, 0.3) is 0 Å². The van der Waals surface area contributed by atoms with Crippen molar-refractivity contribution >= 4 is 33.4 Å². The van der Waals surface area contributed by atoms with Gasteiger partial charge in [0.15, 0.2) is 0 Å². The molecule has 1 N–H and O–H groups in total. The van der Waals surface area contributed by atoms with E-state index in [1.165, 1.54) is 0 Å². The number of carboxylic acid groups (broad SMARTS) is 1. The van der Waals surface area contributed by atoms with Gasteiger partial charge >= 0.3 is 5.97 Å². The Morgan fingerprint density at radius 1 is 1.12 bits per heavy atom. The maximum atomic E-state index is 12.9. The molecule has 2 aliphatic heterocycles. The molecule has 0 aromatic heterocycles. The van der Waals surface area contributed by atoms with Crippen molar-refractivity contribution < 1.29 is 18.3 Å². The molecule has 24 heavy (non-hydrogen) atoms. The van der Waals surface area contributed by atoms with Gasteiger partial charge in [0, 0.05) is 30.3 Å². The molecule has 0 saturated carbocycles. The Bertz CT molecular complexity index is 713. The molecule has 1 aromatic rings. The molecule has 0 radical (unpaired) electrons. The molecule has 8 heteroatoms. The Labute approximate surface area is 146 Å². The van der Waals surface area contributed by atoms with Crippen LogP contribution in [-0.4, -0.2) is 55.7 Å². The van der Waals surface area contributed by atoms with Crippen molar-refractivity contribution in [3.8, 4) is 0 Å². The average molecular weight is 370 g/mol. The van der Waals surface area contributed by atoms with Gasteiger partial charge in [-0.2, -0.15) is 4.31 Å². The molecule has 1 saturated heterocycles. The quantitative estimate of drug-likeness (QED) is 0.876. The van der Waals surface area contributed by atoms with Crippen molar-refractivity contribution in [3.05, 3.63) is 18.2 Å². The Hall–Kier alpha value is -1.25. The normalized spacial score (nSPS) is 19.6. The van der Waals surface area contributed by atoms with Crippen molar-refractivity contribution in [3.63, 3.8) is 0 Å². The largest absolute Gasteiger partial charge is 0.480 e. The minimum Gasteiger partial charge on any atom is -0.480 e. The number of thioether (sulfide) groups is 1. The van der Waals surface area contributed by atoms with Crippen LogP contribution in [0, 0.1) is 0 Å². The maximum Gasteiger partial charge on any atom is 0.323 e. The third-order valence-corrected chi connectivity index (χ3v) is 7.36. The molecule has 3 rings (SSSR count). The number of sulfonamides is 1. The average Bonchev–Trinajstić information content (AvgIpc) is 2.84. The van der Waals surface area contributed by atoms with E-state index >= 15 is 0 Å². The van der Waals surface area contributed by atoms with Crippen molar-refractivity contribution in [1.82, 2.24) is 4.31 Å². The van der Waals surface area contributed by atoms with Gasteiger partial charge in [0.2, 0.25) is 10.0 Å². The van der Waals surface area contributed by atoms with E-state index in [-0.39, 0.29) is 11.4 Å². The van der Waals surface area contributed by atoms with E-state index in [9.17, 15) is 13.2 Å². The molecule has 1 aromatic carbocycles. The zero-order valence-electron chi connectivity index (χ0n) is 13.5. The lowest BCUT2D eigenvalue weighted by Gasteiger charge is -2.30. The first-order valence-corrected chi connectivity index (χ1v) is 10.6. The van der Waals surface area contributed by atoms with Gasteiger partial charge in [-0.1, -0.05) is 12.8 Å². The van der Waals surface area contributed by atoms with E-state index in [1.54, 1.807) is 39.2 Å². The molecule has 1 fully saturated rings. The van der Waals surface area contributed by atoms with Crippen molar-refractivity contribution in [2.75, 3.05) is 36.8 Å². The minimum atomic E-state index is -3.52.